The third-order valence-electron chi connectivity index (χ3n) is 7.23. The fraction of sp³-hybridized carbons (Fsp3) is 0.464. The van der Waals surface area contributed by atoms with E-state index < -0.39 is 10.0 Å². The molecule has 2 aromatic rings. The fourth-order valence-corrected chi connectivity index (χ4v) is 6.50. The Balaban J connectivity index is 1.44. The molecule has 35 heavy (non-hydrogen) atoms. The highest BCUT2D eigenvalue weighted by molar-refractivity contribution is 7.89. The lowest BCUT2D eigenvalue weighted by Gasteiger charge is -2.34. The van der Waals surface area contributed by atoms with Gasteiger partial charge in [0.2, 0.25) is 10.0 Å². The molecule has 0 bridgehead atoms. The van der Waals surface area contributed by atoms with E-state index in [2.05, 4.69) is 23.6 Å². The minimum Gasteiger partial charge on any atom is -0.303 e. The van der Waals surface area contributed by atoms with Crippen molar-refractivity contribution in [3.05, 3.63) is 77.5 Å². The molecule has 0 N–H and O–H groups in total. The van der Waals surface area contributed by atoms with Gasteiger partial charge < -0.3 is 4.90 Å². The maximum atomic E-state index is 13.4. The number of aliphatic imine (C=N–C) groups is 1. The van der Waals surface area contributed by atoms with Crippen LogP contribution >= 0.6 is 0 Å². The van der Waals surface area contributed by atoms with Crippen LogP contribution in [0.5, 0.6) is 0 Å². The van der Waals surface area contributed by atoms with Gasteiger partial charge in [-0.15, -0.1) is 0 Å². The molecule has 2 aromatic carbocycles. The molecule has 1 saturated heterocycles. The SMILES string of the molecule is CCN1CC(C)=NC(=C2CCN(CCC(c3ccccc3)N(C)S(=O)(=O)c3ccccc3)CC2)C1. The van der Waals surface area contributed by atoms with E-state index in [1.54, 1.807) is 35.6 Å². The molecular weight excluding hydrogens is 456 g/mol. The van der Waals surface area contributed by atoms with E-state index in [-0.39, 0.29) is 6.04 Å². The first kappa shape index (κ1) is 25.8. The zero-order valence-corrected chi connectivity index (χ0v) is 22.0. The van der Waals surface area contributed by atoms with E-state index in [4.69, 9.17) is 4.99 Å². The van der Waals surface area contributed by atoms with Crippen LogP contribution in [0.1, 0.15) is 44.7 Å². The number of piperidine rings is 1. The van der Waals surface area contributed by atoms with Crippen molar-refractivity contribution in [2.45, 2.75) is 44.0 Å². The van der Waals surface area contributed by atoms with Gasteiger partial charge in [-0.3, -0.25) is 9.89 Å². The van der Waals surface area contributed by atoms with Crippen molar-refractivity contribution < 1.29 is 8.42 Å². The van der Waals surface area contributed by atoms with Crippen LogP contribution in [0.4, 0.5) is 0 Å². The number of sulfonamides is 1. The van der Waals surface area contributed by atoms with Gasteiger partial charge in [-0.1, -0.05) is 55.5 Å². The minimum absolute atomic E-state index is 0.218. The van der Waals surface area contributed by atoms with Gasteiger partial charge in [-0.25, -0.2) is 8.42 Å². The van der Waals surface area contributed by atoms with E-state index >= 15 is 0 Å². The summed E-state index contributed by atoms with van der Waals surface area (Å²) in [5, 5.41) is 0. The molecule has 0 radical (unpaired) electrons. The third-order valence-corrected chi connectivity index (χ3v) is 9.11. The van der Waals surface area contributed by atoms with Gasteiger partial charge >= 0.3 is 0 Å². The molecule has 2 heterocycles. The molecule has 2 aliphatic heterocycles. The summed E-state index contributed by atoms with van der Waals surface area (Å²) in [7, 11) is -1.88. The Morgan fingerprint density at radius 1 is 0.943 bits per heavy atom. The van der Waals surface area contributed by atoms with Crippen molar-refractivity contribution in [2.24, 2.45) is 4.99 Å². The number of hydrogen-bond acceptors (Lipinski definition) is 5. The predicted octanol–water partition coefficient (Wildman–Crippen LogP) is 4.58. The number of hydrogen-bond donors (Lipinski definition) is 0. The van der Waals surface area contributed by atoms with Crippen LogP contribution in [0.15, 0.2) is 81.8 Å². The van der Waals surface area contributed by atoms with Gasteiger partial charge in [0.05, 0.1) is 16.6 Å². The van der Waals surface area contributed by atoms with Gasteiger partial charge in [0.15, 0.2) is 0 Å². The number of likely N-dealkylation sites (N-methyl/N-ethyl adjacent to an activating group) is 1. The zero-order valence-electron chi connectivity index (χ0n) is 21.2. The van der Waals surface area contributed by atoms with Crippen LogP contribution in [0.2, 0.25) is 0 Å². The number of likely N-dealkylation sites (tertiary alicyclic amines) is 1. The Kier molecular flexibility index (Phi) is 8.55. The molecule has 0 aromatic heterocycles. The normalized spacial score (nSPS) is 19.1. The maximum absolute atomic E-state index is 13.4. The van der Waals surface area contributed by atoms with E-state index in [1.807, 2.05) is 36.4 Å². The molecule has 188 valence electrons. The molecule has 6 nitrogen and oxygen atoms in total. The van der Waals surface area contributed by atoms with E-state index in [0.717, 1.165) is 64.1 Å². The van der Waals surface area contributed by atoms with Crippen LogP contribution in [0.3, 0.4) is 0 Å². The van der Waals surface area contributed by atoms with Crippen LogP contribution in [0, 0.1) is 0 Å². The first-order chi connectivity index (χ1) is 16.9. The third kappa shape index (κ3) is 6.28. The molecule has 0 spiro atoms. The second kappa shape index (κ2) is 11.6. The number of benzene rings is 2. The Bertz CT molecular complexity index is 1140. The van der Waals surface area contributed by atoms with Crippen molar-refractivity contribution >= 4 is 15.7 Å². The summed E-state index contributed by atoms with van der Waals surface area (Å²) in [6, 6.07) is 18.5. The van der Waals surface area contributed by atoms with Gasteiger partial charge in [0.25, 0.3) is 0 Å². The molecule has 2 aliphatic rings. The first-order valence-electron chi connectivity index (χ1n) is 12.7. The average Bonchev–Trinajstić information content (AvgIpc) is 2.89. The summed E-state index contributed by atoms with van der Waals surface area (Å²) in [6.45, 7) is 10.2. The van der Waals surface area contributed by atoms with Crippen molar-refractivity contribution in [1.29, 1.82) is 0 Å². The summed E-state index contributed by atoms with van der Waals surface area (Å²) >= 11 is 0. The smallest absolute Gasteiger partial charge is 0.243 e. The fourth-order valence-electron chi connectivity index (χ4n) is 5.11. The van der Waals surface area contributed by atoms with E-state index in [0.29, 0.717) is 4.90 Å². The van der Waals surface area contributed by atoms with Crippen LogP contribution < -0.4 is 0 Å². The van der Waals surface area contributed by atoms with Crippen molar-refractivity contribution in [1.82, 2.24) is 14.1 Å². The molecule has 0 aliphatic carbocycles. The highest BCUT2D eigenvalue weighted by Crippen LogP contribution is 2.30. The monoisotopic (exact) mass is 494 g/mol. The lowest BCUT2D eigenvalue weighted by Crippen LogP contribution is -2.38. The Morgan fingerprint density at radius 3 is 2.20 bits per heavy atom. The molecule has 1 unspecified atom stereocenters. The number of nitrogens with zero attached hydrogens (tertiary/aromatic N) is 4. The predicted molar refractivity (Wildman–Crippen MR) is 143 cm³/mol. The van der Waals surface area contributed by atoms with Crippen molar-refractivity contribution in [3.8, 4) is 0 Å². The van der Waals surface area contributed by atoms with E-state index in [1.165, 1.54) is 17.0 Å². The Hall–Kier alpha value is -2.32. The average molecular weight is 495 g/mol. The maximum Gasteiger partial charge on any atom is 0.243 e. The Morgan fingerprint density at radius 2 is 1.57 bits per heavy atom. The standard InChI is InChI=1S/C28H38N4O2S/c1-4-31-21-23(2)29-27(22-31)24-15-18-32(19-16-24)20-17-28(25-11-7-5-8-12-25)30(3)35(33,34)26-13-9-6-10-14-26/h5-14,28H,4,15-22H2,1-3H3. The summed E-state index contributed by atoms with van der Waals surface area (Å²) in [6.07, 6.45) is 2.83. The first-order valence-corrected chi connectivity index (χ1v) is 14.1. The lowest BCUT2D eigenvalue weighted by atomic mass is 9.99. The van der Waals surface area contributed by atoms with Gasteiger partial charge in [0.1, 0.15) is 0 Å². The van der Waals surface area contributed by atoms with Crippen molar-refractivity contribution in [2.75, 3.05) is 46.3 Å². The van der Waals surface area contributed by atoms with Gasteiger partial charge in [-0.2, -0.15) is 4.31 Å². The lowest BCUT2D eigenvalue weighted by molar-refractivity contribution is 0.225. The molecule has 0 amide bonds. The highest BCUT2D eigenvalue weighted by Gasteiger charge is 2.30. The summed E-state index contributed by atoms with van der Waals surface area (Å²) in [5.74, 6) is 0. The summed E-state index contributed by atoms with van der Waals surface area (Å²) in [4.78, 5) is 10.1. The quantitative estimate of drug-likeness (QED) is 0.539. The second-order valence-corrected chi connectivity index (χ2v) is 11.6. The van der Waals surface area contributed by atoms with Crippen LogP contribution in [0.25, 0.3) is 0 Å². The van der Waals surface area contributed by atoms with E-state index in [9.17, 15) is 8.42 Å². The summed E-state index contributed by atoms with van der Waals surface area (Å²) < 4.78 is 28.3. The summed E-state index contributed by atoms with van der Waals surface area (Å²) in [5.41, 5.74) is 4.99. The topological polar surface area (TPSA) is 56.2 Å². The number of rotatable bonds is 8. The van der Waals surface area contributed by atoms with Crippen molar-refractivity contribution in [3.63, 3.8) is 0 Å². The van der Waals surface area contributed by atoms with Gasteiger partial charge in [0, 0.05) is 45.5 Å². The molecular formula is C28H38N4O2S. The second-order valence-electron chi connectivity index (χ2n) is 9.59. The van der Waals surface area contributed by atoms with Gasteiger partial charge in [-0.05, 0) is 56.0 Å². The highest BCUT2D eigenvalue weighted by atomic mass is 32.2. The zero-order chi connectivity index (χ0) is 24.8. The molecule has 4 rings (SSSR count). The molecule has 7 heteroatoms. The largest absolute Gasteiger partial charge is 0.303 e. The molecule has 1 atom stereocenters. The molecule has 0 saturated carbocycles. The minimum atomic E-state index is -3.59. The molecule has 1 fully saturated rings. The Labute approximate surface area is 211 Å². The van der Waals surface area contributed by atoms with Crippen LogP contribution in [-0.2, 0) is 10.0 Å². The van der Waals surface area contributed by atoms with Crippen LogP contribution in [-0.4, -0.2) is 74.6 Å².